The van der Waals surface area contributed by atoms with Gasteiger partial charge >= 0.3 is 0 Å². The van der Waals surface area contributed by atoms with Crippen molar-refractivity contribution >= 4 is 5.91 Å². The van der Waals surface area contributed by atoms with E-state index < -0.39 is 0 Å². The Labute approximate surface area is 156 Å². The average molecular weight is 354 g/mol. The molecule has 140 valence electrons. The Balaban J connectivity index is 1.57. The first-order valence-corrected chi connectivity index (χ1v) is 9.58. The number of piperidine rings is 1. The van der Waals surface area contributed by atoms with Gasteiger partial charge in [0.25, 0.3) is 0 Å². The van der Waals surface area contributed by atoms with Crippen molar-refractivity contribution < 1.29 is 4.79 Å². The van der Waals surface area contributed by atoms with Gasteiger partial charge in [0.1, 0.15) is 6.54 Å². The van der Waals surface area contributed by atoms with Crippen molar-refractivity contribution in [1.29, 1.82) is 0 Å². The molecule has 2 aromatic rings. The molecular formula is C21H30N4O. The van der Waals surface area contributed by atoms with E-state index in [0.717, 1.165) is 23.9 Å². The molecule has 5 heteroatoms. The fourth-order valence-electron chi connectivity index (χ4n) is 3.78. The number of hydrogen-bond donors (Lipinski definition) is 1. The number of hydrogen-bond acceptors (Lipinski definition) is 3. The molecule has 1 saturated heterocycles. The maximum absolute atomic E-state index is 12.3. The van der Waals surface area contributed by atoms with E-state index in [0.29, 0.717) is 6.54 Å². The van der Waals surface area contributed by atoms with Crippen LogP contribution in [0.25, 0.3) is 0 Å². The molecule has 1 aromatic heterocycles. The van der Waals surface area contributed by atoms with E-state index in [2.05, 4.69) is 40.4 Å². The fraction of sp³-hybridized carbons (Fsp3) is 0.524. The third kappa shape index (κ3) is 4.94. The van der Waals surface area contributed by atoms with Crippen molar-refractivity contribution in [3.05, 3.63) is 52.8 Å². The largest absolute Gasteiger partial charge is 0.350 e. The predicted molar refractivity (Wildman–Crippen MR) is 104 cm³/mol. The number of benzene rings is 1. The van der Waals surface area contributed by atoms with E-state index in [4.69, 9.17) is 0 Å². The Morgan fingerprint density at radius 1 is 1.27 bits per heavy atom. The molecule has 1 N–H and O–H groups in total. The minimum absolute atomic E-state index is 0.00222. The van der Waals surface area contributed by atoms with E-state index >= 15 is 0 Å². The van der Waals surface area contributed by atoms with Gasteiger partial charge in [0, 0.05) is 25.3 Å². The number of carbonyl (C=O) groups excluding carboxylic acids is 1. The van der Waals surface area contributed by atoms with Crippen LogP contribution >= 0.6 is 0 Å². The van der Waals surface area contributed by atoms with Gasteiger partial charge in [0.05, 0.1) is 5.69 Å². The zero-order valence-electron chi connectivity index (χ0n) is 16.2. The van der Waals surface area contributed by atoms with Gasteiger partial charge in [-0.05, 0) is 56.3 Å². The van der Waals surface area contributed by atoms with Crippen LogP contribution in [0.4, 0.5) is 0 Å². The number of rotatable bonds is 6. The standard InChI is InChI=1S/C21H30N4O/c1-16-7-6-10-24(13-16)14-20-9-5-4-8-19(20)12-22-21(26)15-25-18(3)11-17(2)23-25/h4-5,8-9,11,16H,6-7,10,12-15H2,1-3H3,(H,22,26)/t16-/m0/s1. The molecule has 0 bridgehead atoms. The monoisotopic (exact) mass is 354 g/mol. The molecule has 0 saturated carbocycles. The number of nitrogens with zero attached hydrogens (tertiary/aromatic N) is 3. The SMILES string of the molecule is Cc1cc(C)n(CC(=O)NCc2ccccc2CN2CCC[C@H](C)C2)n1. The Kier molecular flexibility index (Phi) is 6.09. The first-order chi connectivity index (χ1) is 12.5. The Hall–Kier alpha value is -2.14. The second-order valence-electron chi connectivity index (χ2n) is 7.61. The number of carbonyl (C=O) groups is 1. The molecule has 0 unspecified atom stereocenters. The zero-order chi connectivity index (χ0) is 18.5. The van der Waals surface area contributed by atoms with Crippen LogP contribution in [0, 0.1) is 19.8 Å². The number of aromatic nitrogens is 2. The van der Waals surface area contributed by atoms with E-state index in [9.17, 15) is 4.79 Å². The third-order valence-corrected chi connectivity index (χ3v) is 5.13. The van der Waals surface area contributed by atoms with E-state index in [1.807, 2.05) is 26.0 Å². The first-order valence-electron chi connectivity index (χ1n) is 9.58. The van der Waals surface area contributed by atoms with Crippen LogP contribution < -0.4 is 5.32 Å². The molecule has 3 rings (SSSR count). The maximum Gasteiger partial charge on any atom is 0.242 e. The van der Waals surface area contributed by atoms with Gasteiger partial charge in [-0.2, -0.15) is 5.10 Å². The summed E-state index contributed by atoms with van der Waals surface area (Å²) in [4.78, 5) is 14.8. The summed E-state index contributed by atoms with van der Waals surface area (Å²) in [5, 5.41) is 7.41. The van der Waals surface area contributed by atoms with Crippen LogP contribution in [0.5, 0.6) is 0 Å². The van der Waals surface area contributed by atoms with Crippen LogP contribution in [-0.4, -0.2) is 33.7 Å². The number of likely N-dealkylation sites (tertiary alicyclic amines) is 1. The number of aryl methyl sites for hydroxylation is 2. The Bertz CT molecular complexity index is 752. The Morgan fingerprint density at radius 2 is 2.04 bits per heavy atom. The van der Waals surface area contributed by atoms with Crippen LogP contribution in [-0.2, 0) is 24.4 Å². The molecule has 1 atom stereocenters. The molecule has 1 aromatic carbocycles. The van der Waals surface area contributed by atoms with Crippen molar-refractivity contribution in [3.63, 3.8) is 0 Å². The quantitative estimate of drug-likeness (QED) is 0.867. The van der Waals surface area contributed by atoms with Gasteiger partial charge in [0.15, 0.2) is 0 Å². The van der Waals surface area contributed by atoms with Crippen LogP contribution in [0.3, 0.4) is 0 Å². The molecule has 0 radical (unpaired) electrons. The van der Waals surface area contributed by atoms with Gasteiger partial charge in [-0.15, -0.1) is 0 Å². The van der Waals surface area contributed by atoms with Crippen molar-refractivity contribution in [2.75, 3.05) is 13.1 Å². The van der Waals surface area contributed by atoms with Crippen molar-refractivity contribution in [1.82, 2.24) is 20.0 Å². The Morgan fingerprint density at radius 3 is 2.73 bits per heavy atom. The van der Waals surface area contributed by atoms with Gasteiger partial charge in [-0.1, -0.05) is 31.2 Å². The summed E-state index contributed by atoms with van der Waals surface area (Å²) in [6.45, 7) is 10.4. The molecule has 2 heterocycles. The van der Waals surface area contributed by atoms with Gasteiger partial charge in [0.2, 0.25) is 5.91 Å². The second kappa shape index (κ2) is 8.49. The van der Waals surface area contributed by atoms with Gasteiger partial charge in [-0.3, -0.25) is 14.4 Å². The highest BCUT2D eigenvalue weighted by Gasteiger charge is 2.17. The number of nitrogens with one attached hydrogen (secondary N) is 1. The zero-order valence-corrected chi connectivity index (χ0v) is 16.2. The lowest BCUT2D eigenvalue weighted by Gasteiger charge is -2.31. The maximum atomic E-state index is 12.3. The highest BCUT2D eigenvalue weighted by molar-refractivity contribution is 5.75. The summed E-state index contributed by atoms with van der Waals surface area (Å²) in [6.07, 6.45) is 2.61. The fourth-order valence-corrected chi connectivity index (χ4v) is 3.78. The first kappa shape index (κ1) is 18.6. The summed E-state index contributed by atoms with van der Waals surface area (Å²) in [6, 6.07) is 10.4. The highest BCUT2D eigenvalue weighted by atomic mass is 16.2. The molecule has 1 aliphatic heterocycles. The summed E-state index contributed by atoms with van der Waals surface area (Å²) in [7, 11) is 0. The molecule has 0 spiro atoms. The molecule has 1 amide bonds. The molecule has 0 aliphatic carbocycles. The van der Waals surface area contributed by atoms with Gasteiger partial charge in [-0.25, -0.2) is 0 Å². The van der Waals surface area contributed by atoms with E-state index in [1.165, 1.54) is 37.1 Å². The smallest absolute Gasteiger partial charge is 0.242 e. The third-order valence-electron chi connectivity index (χ3n) is 5.13. The van der Waals surface area contributed by atoms with E-state index in [-0.39, 0.29) is 12.5 Å². The average Bonchev–Trinajstić information content (AvgIpc) is 2.91. The minimum Gasteiger partial charge on any atom is -0.350 e. The van der Waals surface area contributed by atoms with Crippen molar-refractivity contribution in [3.8, 4) is 0 Å². The van der Waals surface area contributed by atoms with Crippen LogP contribution in [0.1, 0.15) is 42.3 Å². The summed E-state index contributed by atoms with van der Waals surface area (Å²) >= 11 is 0. The van der Waals surface area contributed by atoms with Crippen LogP contribution in [0.15, 0.2) is 30.3 Å². The summed E-state index contributed by atoms with van der Waals surface area (Å²) in [5.74, 6) is 0.772. The molecular weight excluding hydrogens is 324 g/mol. The lowest BCUT2D eigenvalue weighted by Crippen LogP contribution is -2.34. The van der Waals surface area contributed by atoms with Crippen LogP contribution in [0.2, 0.25) is 0 Å². The summed E-state index contributed by atoms with van der Waals surface area (Å²) < 4.78 is 1.76. The predicted octanol–water partition coefficient (Wildman–Crippen LogP) is 3.05. The summed E-state index contributed by atoms with van der Waals surface area (Å²) in [5.41, 5.74) is 4.47. The number of amides is 1. The lowest BCUT2D eigenvalue weighted by molar-refractivity contribution is -0.122. The van der Waals surface area contributed by atoms with E-state index in [1.54, 1.807) is 4.68 Å². The topological polar surface area (TPSA) is 50.2 Å². The highest BCUT2D eigenvalue weighted by Crippen LogP contribution is 2.19. The van der Waals surface area contributed by atoms with Crippen molar-refractivity contribution in [2.24, 2.45) is 5.92 Å². The normalized spacial score (nSPS) is 18.0. The molecule has 26 heavy (non-hydrogen) atoms. The van der Waals surface area contributed by atoms with Crippen molar-refractivity contribution in [2.45, 2.75) is 53.2 Å². The molecule has 1 aliphatic rings. The minimum atomic E-state index is -0.00222. The van der Waals surface area contributed by atoms with Gasteiger partial charge < -0.3 is 5.32 Å². The second-order valence-corrected chi connectivity index (χ2v) is 7.61. The lowest BCUT2D eigenvalue weighted by atomic mass is 9.99. The molecule has 5 nitrogen and oxygen atoms in total. The molecule has 1 fully saturated rings.